The van der Waals surface area contributed by atoms with Gasteiger partial charge in [-0.05, 0) is 12.1 Å². The average Bonchev–Trinajstić information content (AvgIpc) is 3.19. The number of carbonyl (C=O) groups excluding carboxylic acids is 1. The van der Waals surface area contributed by atoms with Gasteiger partial charge < -0.3 is 30.5 Å². The summed E-state index contributed by atoms with van der Waals surface area (Å²) in [5, 5.41) is 18.9. The molecule has 0 aliphatic carbocycles. The summed E-state index contributed by atoms with van der Waals surface area (Å²) in [5.74, 6) is 0.176. The number of aromatic nitrogens is 2. The number of aromatic amines is 1. The molecule has 11 nitrogen and oxygen atoms in total. The molecular formula is C20H26N6O5. The molecule has 2 aliphatic heterocycles. The molecular weight excluding hydrogens is 404 g/mol. The number of nitrogen functional groups attached to an aromatic ring is 1. The number of hydrogen-bond donors (Lipinski definition) is 4. The highest BCUT2D eigenvalue weighted by molar-refractivity contribution is 6.05. The molecule has 2 aromatic rings. The predicted molar refractivity (Wildman–Crippen MR) is 112 cm³/mol. The van der Waals surface area contributed by atoms with Crippen LogP contribution < -0.4 is 15.8 Å². The van der Waals surface area contributed by atoms with Crippen molar-refractivity contribution in [3.05, 3.63) is 35.2 Å². The fourth-order valence-electron chi connectivity index (χ4n) is 3.69. The Labute approximate surface area is 179 Å². The van der Waals surface area contributed by atoms with Crippen LogP contribution in [-0.2, 0) is 17.7 Å². The number of nitrogens with zero attached hydrogens (tertiary/aromatic N) is 3. The van der Waals surface area contributed by atoms with Crippen molar-refractivity contribution < 1.29 is 24.2 Å². The van der Waals surface area contributed by atoms with Crippen molar-refractivity contribution in [2.75, 3.05) is 57.1 Å². The maximum absolute atomic E-state index is 12.7. The Morgan fingerprint density at radius 3 is 2.84 bits per heavy atom. The predicted octanol–water partition coefficient (Wildman–Crippen LogP) is 0.991. The summed E-state index contributed by atoms with van der Waals surface area (Å²) < 4.78 is 11.1. The van der Waals surface area contributed by atoms with Gasteiger partial charge in [-0.1, -0.05) is 0 Å². The summed E-state index contributed by atoms with van der Waals surface area (Å²) >= 11 is 0. The van der Waals surface area contributed by atoms with E-state index in [0.29, 0.717) is 42.3 Å². The minimum Gasteiger partial charge on any atom is -0.492 e. The molecule has 166 valence electrons. The molecule has 2 amide bonds. The number of nitrogens with two attached hydrogens (primary N) is 1. The lowest BCUT2D eigenvalue weighted by atomic mass is 10.1. The van der Waals surface area contributed by atoms with Crippen molar-refractivity contribution >= 4 is 23.4 Å². The van der Waals surface area contributed by atoms with Gasteiger partial charge in [-0.25, -0.2) is 4.79 Å². The van der Waals surface area contributed by atoms with Gasteiger partial charge in [0.2, 0.25) is 0 Å². The molecule has 1 aromatic heterocycles. The molecule has 1 saturated heterocycles. The van der Waals surface area contributed by atoms with E-state index in [1.54, 1.807) is 18.2 Å². The average molecular weight is 430 g/mol. The number of morpholine rings is 1. The molecule has 0 bridgehead atoms. The topological polar surface area (TPSA) is 146 Å². The van der Waals surface area contributed by atoms with Crippen molar-refractivity contribution in [3.8, 4) is 5.75 Å². The van der Waals surface area contributed by atoms with Crippen LogP contribution in [0.5, 0.6) is 5.75 Å². The first kappa shape index (κ1) is 20.9. The summed E-state index contributed by atoms with van der Waals surface area (Å²) in [5.41, 5.74) is 8.45. The van der Waals surface area contributed by atoms with Crippen LogP contribution in [-0.4, -0.2) is 83.1 Å². The quantitative estimate of drug-likeness (QED) is 0.496. The molecule has 0 radical (unpaired) electrons. The zero-order chi connectivity index (χ0) is 21.8. The summed E-state index contributed by atoms with van der Waals surface area (Å²) in [6.45, 7) is 5.11. The number of anilines is 2. The van der Waals surface area contributed by atoms with Gasteiger partial charge in [-0.15, -0.1) is 0 Å². The summed E-state index contributed by atoms with van der Waals surface area (Å²) in [6.07, 6.45) is -0.535. The molecule has 11 heteroatoms. The van der Waals surface area contributed by atoms with Crippen LogP contribution in [0.15, 0.2) is 18.2 Å². The Hall–Kier alpha value is -3.31. The number of amides is 2. The van der Waals surface area contributed by atoms with Gasteiger partial charge in [0.25, 0.3) is 5.91 Å². The van der Waals surface area contributed by atoms with E-state index in [2.05, 4.69) is 20.4 Å². The molecule has 0 atom stereocenters. The van der Waals surface area contributed by atoms with Gasteiger partial charge >= 0.3 is 6.09 Å². The van der Waals surface area contributed by atoms with Gasteiger partial charge in [0, 0.05) is 49.9 Å². The third-order valence-electron chi connectivity index (χ3n) is 5.47. The van der Waals surface area contributed by atoms with Crippen molar-refractivity contribution in [1.82, 2.24) is 20.0 Å². The van der Waals surface area contributed by atoms with Crippen LogP contribution in [0.4, 0.5) is 16.2 Å². The number of carbonyl (C=O) groups is 2. The van der Waals surface area contributed by atoms with Crippen LogP contribution in [0.3, 0.4) is 0 Å². The number of ether oxygens (including phenoxy) is 2. The Balaban J connectivity index is 1.36. The van der Waals surface area contributed by atoms with Crippen LogP contribution in [0.2, 0.25) is 0 Å². The lowest BCUT2D eigenvalue weighted by Crippen LogP contribution is -2.38. The number of benzene rings is 1. The number of nitrogens with one attached hydrogen (secondary N) is 2. The van der Waals surface area contributed by atoms with Gasteiger partial charge in [-0.3, -0.25) is 14.8 Å². The number of hydrogen-bond acceptors (Lipinski definition) is 7. The van der Waals surface area contributed by atoms with Crippen molar-refractivity contribution in [1.29, 1.82) is 0 Å². The largest absolute Gasteiger partial charge is 0.492 e. The first-order valence-corrected chi connectivity index (χ1v) is 10.2. The van der Waals surface area contributed by atoms with E-state index in [-0.39, 0.29) is 12.2 Å². The lowest BCUT2D eigenvalue weighted by molar-refractivity contribution is 0.0322. The number of H-pyrrole nitrogens is 1. The second-order valence-electron chi connectivity index (χ2n) is 7.49. The third kappa shape index (κ3) is 4.89. The summed E-state index contributed by atoms with van der Waals surface area (Å²) in [4.78, 5) is 27.5. The van der Waals surface area contributed by atoms with Crippen LogP contribution in [0.25, 0.3) is 0 Å². The fraction of sp³-hybridized carbons (Fsp3) is 0.450. The lowest BCUT2D eigenvalue weighted by Gasteiger charge is -2.26. The molecule has 2 aliphatic rings. The monoisotopic (exact) mass is 430 g/mol. The van der Waals surface area contributed by atoms with E-state index < -0.39 is 12.0 Å². The molecule has 3 heterocycles. The first-order valence-electron chi connectivity index (χ1n) is 10.2. The number of carboxylic acid groups (broad SMARTS) is 1. The smallest absolute Gasteiger partial charge is 0.407 e. The highest BCUT2D eigenvalue weighted by Crippen LogP contribution is 2.26. The number of rotatable bonds is 6. The zero-order valence-electron chi connectivity index (χ0n) is 17.1. The van der Waals surface area contributed by atoms with E-state index in [0.717, 1.165) is 38.5 Å². The molecule has 0 saturated carbocycles. The highest BCUT2D eigenvalue weighted by Gasteiger charge is 2.27. The molecule has 0 unspecified atom stereocenters. The molecule has 4 rings (SSSR count). The Morgan fingerprint density at radius 2 is 2.10 bits per heavy atom. The normalized spacial score (nSPS) is 16.6. The molecule has 1 aromatic carbocycles. The van der Waals surface area contributed by atoms with Crippen LogP contribution in [0, 0.1) is 0 Å². The molecule has 5 N–H and O–H groups in total. The second-order valence-corrected chi connectivity index (χ2v) is 7.49. The van der Waals surface area contributed by atoms with Gasteiger partial charge in [0.15, 0.2) is 5.69 Å². The molecule has 1 fully saturated rings. The third-order valence-corrected chi connectivity index (χ3v) is 5.47. The van der Waals surface area contributed by atoms with E-state index in [1.165, 1.54) is 4.90 Å². The van der Waals surface area contributed by atoms with Gasteiger partial charge in [0.1, 0.15) is 12.4 Å². The Morgan fingerprint density at radius 1 is 1.29 bits per heavy atom. The standard InChI is InChI=1S/C20H26N6O5/c21-15-11-13(31-10-7-25-5-8-30-9-6-25)1-2-17(15)22-19(27)18-14-12-26(20(28)29)4-3-16(14)23-24-18/h1-2,11H,3-10,12,21H2,(H,22,27)(H,23,24)(H,28,29). The van der Waals surface area contributed by atoms with Gasteiger partial charge in [-0.2, -0.15) is 5.10 Å². The second kappa shape index (κ2) is 9.23. The minimum absolute atomic E-state index is 0.120. The van der Waals surface area contributed by atoms with E-state index in [9.17, 15) is 14.7 Å². The Kier molecular flexibility index (Phi) is 6.23. The molecule has 0 spiro atoms. The van der Waals surface area contributed by atoms with Crippen molar-refractivity contribution in [3.63, 3.8) is 0 Å². The van der Waals surface area contributed by atoms with Crippen molar-refractivity contribution in [2.45, 2.75) is 13.0 Å². The van der Waals surface area contributed by atoms with Crippen LogP contribution >= 0.6 is 0 Å². The maximum atomic E-state index is 12.7. The fourth-order valence-corrected chi connectivity index (χ4v) is 3.69. The number of fused-ring (bicyclic) bond motifs is 1. The van der Waals surface area contributed by atoms with E-state index in [1.807, 2.05) is 0 Å². The SMILES string of the molecule is Nc1cc(OCCN2CCOCC2)ccc1NC(=O)c1n[nH]c2c1CN(C(=O)O)CC2. The van der Waals surface area contributed by atoms with Crippen LogP contribution in [0.1, 0.15) is 21.7 Å². The van der Waals surface area contributed by atoms with Crippen molar-refractivity contribution in [2.24, 2.45) is 0 Å². The highest BCUT2D eigenvalue weighted by atomic mass is 16.5. The summed E-state index contributed by atoms with van der Waals surface area (Å²) in [7, 11) is 0. The zero-order valence-corrected chi connectivity index (χ0v) is 17.1. The van der Waals surface area contributed by atoms with Gasteiger partial charge in [0.05, 0.1) is 31.1 Å². The maximum Gasteiger partial charge on any atom is 0.407 e. The summed E-state index contributed by atoms with van der Waals surface area (Å²) in [6, 6.07) is 5.10. The minimum atomic E-state index is -1.02. The van der Waals surface area contributed by atoms with E-state index >= 15 is 0 Å². The Bertz CT molecular complexity index is 956. The van der Waals surface area contributed by atoms with E-state index in [4.69, 9.17) is 15.2 Å². The molecule has 31 heavy (non-hydrogen) atoms. The first-order chi connectivity index (χ1) is 15.0.